The Bertz CT molecular complexity index is 841. The van der Waals surface area contributed by atoms with Gasteiger partial charge < -0.3 is 14.7 Å². The second-order valence-corrected chi connectivity index (χ2v) is 8.70. The van der Waals surface area contributed by atoms with Gasteiger partial charge in [-0.2, -0.15) is 0 Å². The van der Waals surface area contributed by atoms with Crippen molar-refractivity contribution in [3.8, 4) is 5.75 Å². The molecule has 160 valence electrons. The number of aliphatic hydroxyl groups excluding tert-OH is 1. The van der Waals surface area contributed by atoms with Gasteiger partial charge in [-0.25, -0.2) is 0 Å². The van der Waals surface area contributed by atoms with Crippen LogP contribution in [0.1, 0.15) is 51.1 Å². The van der Waals surface area contributed by atoms with Crippen LogP contribution in [0.4, 0.5) is 5.69 Å². The number of aliphatic hydroxyl groups is 1. The van der Waals surface area contributed by atoms with Crippen molar-refractivity contribution in [3.05, 3.63) is 71.8 Å². The van der Waals surface area contributed by atoms with Crippen LogP contribution >= 0.6 is 0 Å². The van der Waals surface area contributed by atoms with E-state index in [0.29, 0.717) is 6.61 Å². The molecule has 0 spiro atoms. The maximum Gasteiger partial charge on any atom is 0.143 e. The van der Waals surface area contributed by atoms with Crippen molar-refractivity contribution < 1.29 is 9.84 Å². The lowest BCUT2D eigenvalue weighted by atomic mass is 9.99. The van der Waals surface area contributed by atoms with Crippen LogP contribution in [0.3, 0.4) is 0 Å². The van der Waals surface area contributed by atoms with Gasteiger partial charge in [0.25, 0.3) is 0 Å². The zero-order valence-corrected chi connectivity index (χ0v) is 18.2. The third-order valence-electron chi connectivity index (χ3n) is 6.31. The van der Waals surface area contributed by atoms with E-state index in [1.165, 1.54) is 24.0 Å². The van der Waals surface area contributed by atoms with E-state index < -0.39 is 6.23 Å². The van der Waals surface area contributed by atoms with Crippen LogP contribution in [0.25, 0.3) is 0 Å². The van der Waals surface area contributed by atoms with E-state index in [0.717, 1.165) is 37.4 Å². The first-order valence-corrected chi connectivity index (χ1v) is 11.3. The Labute approximate surface area is 180 Å². The number of para-hydroxylation sites is 2. The van der Waals surface area contributed by atoms with Gasteiger partial charge in [0.1, 0.15) is 18.6 Å². The van der Waals surface area contributed by atoms with Gasteiger partial charge >= 0.3 is 0 Å². The summed E-state index contributed by atoms with van der Waals surface area (Å²) in [5.74, 6) is 0.855. The third-order valence-corrected chi connectivity index (χ3v) is 6.31. The molecule has 0 amide bonds. The fourth-order valence-electron chi connectivity index (χ4n) is 4.79. The molecule has 1 fully saturated rings. The predicted molar refractivity (Wildman–Crippen MR) is 123 cm³/mol. The van der Waals surface area contributed by atoms with Crippen LogP contribution in [0.2, 0.25) is 0 Å². The summed E-state index contributed by atoms with van der Waals surface area (Å²) >= 11 is 0. The third kappa shape index (κ3) is 4.55. The number of rotatable bonds is 7. The van der Waals surface area contributed by atoms with Crippen LogP contribution in [0.5, 0.6) is 5.75 Å². The van der Waals surface area contributed by atoms with Gasteiger partial charge in [-0.05, 0) is 70.3 Å². The highest BCUT2D eigenvalue weighted by molar-refractivity contribution is 5.62. The summed E-state index contributed by atoms with van der Waals surface area (Å²) < 4.78 is 6.11. The van der Waals surface area contributed by atoms with E-state index in [9.17, 15) is 5.11 Å². The van der Waals surface area contributed by atoms with Gasteiger partial charge in [0.2, 0.25) is 0 Å². The van der Waals surface area contributed by atoms with E-state index in [1.807, 2.05) is 24.3 Å². The highest BCUT2D eigenvalue weighted by Gasteiger charge is 2.39. The van der Waals surface area contributed by atoms with E-state index >= 15 is 0 Å². The van der Waals surface area contributed by atoms with Gasteiger partial charge in [0, 0.05) is 0 Å². The second kappa shape index (κ2) is 9.67. The number of ether oxygens (including phenoxy) is 1. The summed E-state index contributed by atoms with van der Waals surface area (Å²) in [5, 5.41) is 11.8. The van der Waals surface area contributed by atoms with Crippen molar-refractivity contribution in [2.24, 2.45) is 0 Å². The number of benzene rings is 2. The number of hydrogen-bond acceptors (Lipinski definition) is 4. The van der Waals surface area contributed by atoms with Gasteiger partial charge in [-0.1, -0.05) is 54.1 Å². The van der Waals surface area contributed by atoms with Crippen molar-refractivity contribution in [1.29, 1.82) is 0 Å². The molecule has 4 rings (SSSR count). The van der Waals surface area contributed by atoms with Crippen molar-refractivity contribution in [3.63, 3.8) is 0 Å². The minimum absolute atomic E-state index is 0.00958. The standard InChI is InChI=1S/C26H34N2O2/c1-20(2)11-10-15-23(27-17-8-9-18-27)26(29)28-22-14-6-7-16-25(22)30-19-24(28)21-12-4-3-5-13-21/h3-7,11-14,16,23-24,26,29H,8-10,15,17-19H2,1-2H3. The molecular weight excluding hydrogens is 372 g/mol. The summed E-state index contributed by atoms with van der Waals surface area (Å²) in [7, 11) is 0. The molecule has 30 heavy (non-hydrogen) atoms. The summed E-state index contributed by atoms with van der Waals surface area (Å²) in [5.41, 5.74) is 3.50. The van der Waals surface area contributed by atoms with Crippen molar-refractivity contribution in [1.82, 2.24) is 4.90 Å². The number of likely N-dealkylation sites (tertiary alicyclic amines) is 1. The normalized spacial score (nSPS) is 20.9. The summed E-state index contributed by atoms with van der Waals surface area (Å²) in [4.78, 5) is 4.70. The average molecular weight is 407 g/mol. The number of hydrogen-bond donors (Lipinski definition) is 1. The van der Waals surface area contributed by atoms with E-state index in [-0.39, 0.29) is 12.1 Å². The first kappa shape index (κ1) is 21.0. The predicted octanol–water partition coefficient (Wildman–Crippen LogP) is 5.16. The Balaban J connectivity index is 1.68. The van der Waals surface area contributed by atoms with Gasteiger partial charge in [0.05, 0.1) is 17.8 Å². The molecule has 3 atom stereocenters. The van der Waals surface area contributed by atoms with E-state index in [4.69, 9.17) is 4.74 Å². The largest absolute Gasteiger partial charge is 0.489 e. The SMILES string of the molecule is CC(C)=CCCC(C(O)N1c2ccccc2OCC1c1ccccc1)N1CCCC1. The number of fused-ring (bicyclic) bond motifs is 1. The van der Waals surface area contributed by atoms with Gasteiger partial charge in [-0.15, -0.1) is 0 Å². The molecule has 0 saturated carbocycles. The summed E-state index contributed by atoms with van der Waals surface area (Å²) in [6.07, 6.45) is 6.07. The molecule has 0 bridgehead atoms. The van der Waals surface area contributed by atoms with E-state index in [1.54, 1.807) is 0 Å². The maximum absolute atomic E-state index is 11.8. The minimum Gasteiger partial charge on any atom is -0.489 e. The van der Waals surface area contributed by atoms with Crippen LogP contribution in [0.15, 0.2) is 66.2 Å². The molecule has 3 unspecified atom stereocenters. The molecule has 0 aliphatic carbocycles. The van der Waals surface area contributed by atoms with Crippen molar-refractivity contribution in [2.75, 3.05) is 24.6 Å². The van der Waals surface area contributed by atoms with Gasteiger partial charge in [-0.3, -0.25) is 4.90 Å². The topological polar surface area (TPSA) is 35.9 Å². The average Bonchev–Trinajstić information content (AvgIpc) is 3.30. The molecular formula is C26H34N2O2. The lowest BCUT2D eigenvalue weighted by molar-refractivity contribution is 0.0407. The molecule has 2 heterocycles. The lowest BCUT2D eigenvalue weighted by Crippen LogP contribution is -2.54. The zero-order chi connectivity index (χ0) is 20.9. The molecule has 2 aliphatic heterocycles. The molecule has 4 nitrogen and oxygen atoms in total. The van der Waals surface area contributed by atoms with Crippen LogP contribution in [-0.2, 0) is 0 Å². The molecule has 1 N–H and O–H groups in total. The Hall–Kier alpha value is -2.30. The second-order valence-electron chi connectivity index (χ2n) is 8.70. The molecule has 0 aromatic heterocycles. The highest BCUT2D eigenvalue weighted by Crippen LogP contribution is 2.41. The van der Waals surface area contributed by atoms with Crippen LogP contribution in [-0.4, -0.2) is 42.0 Å². The molecule has 4 heteroatoms. The molecule has 1 saturated heterocycles. The molecule has 2 aromatic carbocycles. The Morgan fingerprint density at radius 2 is 1.77 bits per heavy atom. The lowest BCUT2D eigenvalue weighted by Gasteiger charge is -2.46. The Morgan fingerprint density at radius 1 is 1.07 bits per heavy atom. The molecule has 0 radical (unpaired) electrons. The first-order chi connectivity index (χ1) is 14.6. The summed E-state index contributed by atoms with van der Waals surface area (Å²) in [6.45, 7) is 6.96. The molecule has 2 aliphatic rings. The first-order valence-electron chi connectivity index (χ1n) is 11.3. The van der Waals surface area contributed by atoms with Crippen molar-refractivity contribution >= 4 is 5.69 Å². The minimum atomic E-state index is -0.594. The van der Waals surface area contributed by atoms with Gasteiger partial charge in [0.15, 0.2) is 0 Å². The van der Waals surface area contributed by atoms with Crippen LogP contribution in [0, 0.1) is 0 Å². The summed E-state index contributed by atoms with van der Waals surface area (Å²) in [6, 6.07) is 18.6. The number of nitrogens with zero attached hydrogens (tertiary/aromatic N) is 2. The van der Waals surface area contributed by atoms with E-state index in [2.05, 4.69) is 60.1 Å². The monoisotopic (exact) mass is 406 g/mol. The molecule has 2 aromatic rings. The van der Waals surface area contributed by atoms with Crippen LogP contribution < -0.4 is 9.64 Å². The number of anilines is 1. The number of allylic oxidation sites excluding steroid dienone is 2. The quantitative estimate of drug-likeness (QED) is 0.645. The Kier molecular flexibility index (Phi) is 6.76. The zero-order valence-electron chi connectivity index (χ0n) is 18.2. The smallest absolute Gasteiger partial charge is 0.143 e. The fourth-order valence-corrected chi connectivity index (χ4v) is 4.79. The maximum atomic E-state index is 11.8. The fraction of sp³-hybridized carbons (Fsp3) is 0.462. The Morgan fingerprint density at radius 3 is 2.50 bits per heavy atom. The highest BCUT2D eigenvalue weighted by atomic mass is 16.5. The van der Waals surface area contributed by atoms with Crippen molar-refractivity contribution in [2.45, 2.75) is 57.8 Å².